The standard InChI is InChI=1S/C26H43N3O/c1-7-21-13-10-14-23-24(18-27-26(21)23)22(16-19(4)5)17-25(30)28-20(6)12-11-15-29(8-2)9-3/h10,13-14,18-20,22,27H,7-9,11-12,15-17H2,1-6H3,(H,28,30)/t20-,22-/m1/s1. The molecule has 2 rings (SSSR count). The molecule has 168 valence electrons. The van der Waals surface area contributed by atoms with Crippen molar-refractivity contribution in [3.8, 4) is 0 Å². The monoisotopic (exact) mass is 413 g/mol. The van der Waals surface area contributed by atoms with Crippen LogP contribution in [0.3, 0.4) is 0 Å². The average molecular weight is 414 g/mol. The summed E-state index contributed by atoms with van der Waals surface area (Å²) in [6.07, 6.45) is 6.88. The van der Waals surface area contributed by atoms with Gasteiger partial charge in [-0.1, -0.05) is 52.8 Å². The normalized spacial score (nSPS) is 13.9. The molecule has 4 nitrogen and oxygen atoms in total. The molecule has 0 radical (unpaired) electrons. The van der Waals surface area contributed by atoms with Crippen LogP contribution in [0.15, 0.2) is 24.4 Å². The van der Waals surface area contributed by atoms with E-state index >= 15 is 0 Å². The van der Waals surface area contributed by atoms with E-state index in [4.69, 9.17) is 0 Å². The zero-order valence-electron chi connectivity index (χ0n) is 20.1. The number of carbonyl (C=O) groups is 1. The number of carbonyl (C=O) groups excluding carboxylic acids is 1. The van der Waals surface area contributed by atoms with E-state index < -0.39 is 0 Å². The molecule has 2 aromatic rings. The van der Waals surface area contributed by atoms with Crippen molar-refractivity contribution in [3.63, 3.8) is 0 Å². The number of para-hydroxylation sites is 1. The fourth-order valence-electron chi connectivity index (χ4n) is 4.55. The molecule has 0 aliphatic rings. The maximum Gasteiger partial charge on any atom is 0.220 e. The van der Waals surface area contributed by atoms with E-state index in [2.05, 4.69) is 81.1 Å². The Morgan fingerprint density at radius 3 is 2.50 bits per heavy atom. The first kappa shape index (κ1) is 24.5. The summed E-state index contributed by atoms with van der Waals surface area (Å²) in [6.45, 7) is 16.5. The predicted octanol–water partition coefficient (Wildman–Crippen LogP) is 5.88. The number of aromatic nitrogens is 1. The second kappa shape index (κ2) is 12.1. The van der Waals surface area contributed by atoms with Gasteiger partial charge in [0.2, 0.25) is 5.91 Å². The van der Waals surface area contributed by atoms with Gasteiger partial charge in [-0.15, -0.1) is 0 Å². The van der Waals surface area contributed by atoms with Crippen molar-refractivity contribution < 1.29 is 4.79 Å². The molecule has 0 saturated carbocycles. The maximum absolute atomic E-state index is 12.9. The van der Waals surface area contributed by atoms with Gasteiger partial charge >= 0.3 is 0 Å². The molecule has 0 saturated heterocycles. The van der Waals surface area contributed by atoms with E-state index in [1.807, 2.05) is 0 Å². The lowest BCUT2D eigenvalue weighted by molar-refractivity contribution is -0.122. The van der Waals surface area contributed by atoms with Crippen molar-refractivity contribution in [2.24, 2.45) is 5.92 Å². The van der Waals surface area contributed by atoms with Crippen molar-refractivity contribution in [1.29, 1.82) is 0 Å². The quantitative estimate of drug-likeness (QED) is 0.431. The molecule has 4 heteroatoms. The summed E-state index contributed by atoms with van der Waals surface area (Å²) >= 11 is 0. The van der Waals surface area contributed by atoms with Crippen molar-refractivity contribution >= 4 is 16.8 Å². The number of aromatic amines is 1. The summed E-state index contributed by atoms with van der Waals surface area (Å²) in [5.74, 6) is 0.972. The highest BCUT2D eigenvalue weighted by molar-refractivity contribution is 5.87. The minimum absolute atomic E-state index is 0.178. The number of aryl methyl sites for hydroxylation is 1. The van der Waals surface area contributed by atoms with Gasteiger partial charge in [-0.25, -0.2) is 0 Å². The number of H-pyrrole nitrogens is 1. The van der Waals surface area contributed by atoms with Crippen LogP contribution in [0.25, 0.3) is 10.9 Å². The van der Waals surface area contributed by atoms with Crippen LogP contribution in [0.1, 0.15) is 84.3 Å². The Kier molecular flexibility index (Phi) is 9.90. The third-order valence-corrected chi connectivity index (χ3v) is 6.26. The first-order chi connectivity index (χ1) is 14.4. The molecule has 1 heterocycles. The Morgan fingerprint density at radius 2 is 1.87 bits per heavy atom. The van der Waals surface area contributed by atoms with Gasteiger partial charge in [0.15, 0.2) is 0 Å². The number of hydrogen-bond acceptors (Lipinski definition) is 2. The highest BCUT2D eigenvalue weighted by Gasteiger charge is 2.22. The predicted molar refractivity (Wildman–Crippen MR) is 129 cm³/mol. The van der Waals surface area contributed by atoms with Gasteiger partial charge in [0.1, 0.15) is 0 Å². The SMILES string of the molecule is CCc1cccc2c([C@@H](CC(=O)N[C@H](C)CCCN(CC)CC)CC(C)C)c[nH]c12. The fourth-order valence-corrected chi connectivity index (χ4v) is 4.55. The molecule has 0 aliphatic heterocycles. The van der Waals surface area contributed by atoms with Crippen LogP contribution in [0.4, 0.5) is 0 Å². The molecule has 2 atom stereocenters. The van der Waals surface area contributed by atoms with Gasteiger partial charge in [-0.3, -0.25) is 4.79 Å². The Hall–Kier alpha value is -1.81. The first-order valence-electron chi connectivity index (χ1n) is 12.0. The molecule has 30 heavy (non-hydrogen) atoms. The van der Waals surface area contributed by atoms with Crippen LogP contribution >= 0.6 is 0 Å². The van der Waals surface area contributed by atoms with Crippen molar-refractivity contribution in [3.05, 3.63) is 35.5 Å². The minimum Gasteiger partial charge on any atom is -0.361 e. The molecule has 1 amide bonds. The van der Waals surface area contributed by atoms with Crippen LogP contribution in [0, 0.1) is 5.92 Å². The highest BCUT2D eigenvalue weighted by Crippen LogP contribution is 2.34. The Balaban J connectivity index is 2.02. The third-order valence-electron chi connectivity index (χ3n) is 6.26. The van der Waals surface area contributed by atoms with Crippen LogP contribution in [0.5, 0.6) is 0 Å². The molecule has 0 aliphatic carbocycles. The Labute approximate surface area is 183 Å². The van der Waals surface area contributed by atoms with Crippen LogP contribution in [-0.4, -0.2) is 41.5 Å². The van der Waals surface area contributed by atoms with E-state index in [9.17, 15) is 4.79 Å². The van der Waals surface area contributed by atoms with E-state index in [1.165, 1.54) is 22.0 Å². The van der Waals surface area contributed by atoms with Crippen molar-refractivity contribution in [2.45, 2.75) is 85.6 Å². The second-order valence-corrected chi connectivity index (χ2v) is 9.11. The summed E-state index contributed by atoms with van der Waals surface area (Å²) in [7, 11) is 0. The molecular formula is C26H43N3O. The van der Waals surface area contributed by atoms with Crippen LogP contribution in [-0.2, 0) is 11.2 Å². The highest BCUT2D eigenvalue weighted by atomic mass is 16.1. The Morgan fingerprint density at radius 1 is 1.13 bits per heavy atom. The third kappa shape index (κ3) is 6.87. The zero-order valence-corrected chi connectivity index (χ0v) is 20.1. The van der Waals surface area contributed by atoms with E-state index in [1.54, 1.807) is 0 Å². The molecule has 1 aromatic heterocycles. The van der Waals surface area contributed by atoms with Gasteiger partial charge in [-0.2, -0.15) is 0 Å². The molecule has 0 spiro atoms. The van der Waals surface area contributed by atoms with Gasteiger partial charge in [0.05, 0.1) is 0 Å². The number of hydrogen-bond donors (Lipinski definition) is 2. The largest absolute Gasteiger partial charge is 0.361 e. The molecule has 0 fully saturated rings. The summed E-state index contributed by atoms with van der Waals surface area (Å²) < 4.78 is 0. The number of nitrogens with zero attached hydrogens (tertiary/aromatic N) is 1. The Bertz CT molecular complexity index is 776. The van der Waals surface area contributed by atoms with Crippen molar-refractivity contribution in [2.75, 3.05) is 19.6 Å². The van der Waals surface area contributed by atoms with Crippen LogP contribution < -0.4 is 5.32 Å². The summed E-state index contributed by atoms with van der Waals surface area (Å²) in [6, 6.07) is 6.75. The molecule has 0 bridgehead atoms. The molecule has 0 unspecified atom stereocenters. The van der Waals surface area contributed by atoms with E-state index in [0.29, 0.717) is 12.3 Å². The first-order valence-corrected chi connectivity index (χ1v) is 12.0. The number of amides is 1. The summed E-state index contributed by atoms with van der Waals surface area (Å²) in [5.41, 5.74) is 3.86. The van der Waals surface area contributed by atoms with E-state index in [-0.39, 0.29) is 17.9 Å². The number of nitrogens with one attached hydrogen (secondary N) is 2. The molecular weight excluding hydrogens is 370 g/mol. The summed E-state index contributed by atoms with van der Waals surface area (Å²) in [5, 5.41) is 4.54. The minimum atomic E-state index is 0.178. The zero-order chi connectivity index (χ0) is 22.1. The molecule has 2 N–H and O–H groups in total. The van der Waals surface area contributed by atoms with Gasteiger partial charge in [0.25, 0.3) is 0 Å². The lowest BCUT2D eigenvalue weighted by Crippen LogP contribution is -2.34. The maximum atomic E-state index is 12.9. The number of rotatable bonds is 13. The van der Waals surface area contributed by atoms with Gasteiger partial charge < -0.3 is 15.2 Å². The summed E-state index contributed by atoms with van der Waals surface area (Å²) in [4.78, 5) is 18.8. The topological polar surface area (TPSA) is 48.1 Å². The molecule has 1 aromatic carbocycles. The lowest BCUT2D eigenvalue weighted by atomic mass is 9.87. The van der Waals surface area contributed by atoms with Crippen molar-refractivity contribution in [1.82, 2.24) is 15.2 Å². The van der Waals surface area contributed by atoms with Crippen LogP contribution in [0.2, 0.25) is 0 Å². The van der Waals surface area contributed by atoms with Gasteiger partial charge in [-0.05, 0) is 75.2 Å². The average Bonchev–Trinajstić information content (AvgIpc) is 3.14. The smallest absolute Gasteiger partial charge is 0.220 e. The second-order valence-electron chi connectivity index (χ2n) is 9.11. The lowest BCUT2D eigenvalue weighted by Gasteiger charge is -2.22. The fraction of sp³-hybridized carbons (Fsp3) is 0.654. The van der Waals surface area contributed by atoms with Gasteiger partial charge in [0, 0.05) is 29.6 Å². The van der Waals surface area contributed by atoms with E-state index in [0.717, 1.165) is 45.3 Å². The number of fused-ring (bicyclic) bond motifs is 1. The number of benzene rings is 1.